The van der Waals surface area contributed by atoms with Crippen LogP contribution in [0.5, 0.6) is 5.75 Å². The SMILES string of the molecule is COC(=O)c1cc(CNC(=O)[C@@H](C)NC(=O)c2ccc(Cl)cc2)ccc1OC. The van der Waals surface area contributed by atoms with Crippen molar-refractivity contribution in [1.29, 1.82) is 0 Å². The Hall–Kier alpha value is -3.06. The molecule has 0 radical (unpaired) electrons. The molecule has 0 aromatic heterocycles. The summed E-state index contributed by atoms with van der Waals surface area (Å²) in [4.78, 5) is 36.3. The number of carbonyl (C=O) groups is 3. The normalized spacial score (nSPS) is 11.3. The third kappa shape index (κ3) is 5.47. The molecular weight excluding hydrogens is 384 g/mol. The average molecular weight is 405 g/mol. The predicted octanol–water partition coefficient (Wildman–Crippen LogP) is 2.57. The summed E-state index contributed by atoms with van der Waals surface area (Å²) in [5, 5.41) is 5.86. The van der Waals surface area contributed by atoms with Gasteiger partial charge in [0, 0.05) is 17.1 Å². The van der Waals surface area contributed by atoms with Crippen LogP contribution in [0.25, 0.3) is 0 Å². The highest BCUT2D eigenvalue weighted by atomic mass is 35.5. The molecule has 148 valence electrons. The molecule has 0 aliphatic carbocycles. The number of ether oxygens (including phenoxy) is 2. The van der Waals surface area contributed by atoms with Crippen LogP contribution in [0.2, 0.25) is 5.02 Å². The van der Waals surface area contributed by atoms with Crippen LogP contribution in [0.4, 0.5) is 0 Å². The standard InChI is InChI=1S/C20H21ClN2O5/c1-12(23-19(25)14-5-7-15(21)8-6-14)18(24)22-11-13-4-9-17(27-2)16(10-13)20(26)28-3/h4-10,12H,11H2,1-3H3,(H,22,24)(H,23,25)/t12-/m1/s1. The number of amides is 2. The topological polar surface area (TPSA) is 93.7 Å². The summed E-state index contributed by atoms with van der Waals surface area (Å²) in [5.41, 5.74) is 1.36. The zero-order valence-electron chi connectivity index (χ0n) is 15.7. The van der Waals surface area contributed by atoms with E-state index in [1.807, 2.05) is 0 Å². The van der Waals surface area contributed by atoms with Gasteiger partial charge in [-0.05, 0) is 48.9 Å². The maximum absolute atomic E-state index is 12.3. The van der Waals surface area contributed by atoms with Crippen molar-refractivity contribution in [3.05, 3.63) is 64.2 Å². The summed E-state index contributed by atoms with van der Waals surface area (Å²) < 4.78 is 9.87. The molecule has 0 saturated heterocycles. The number of hydrogen-bond acceptors (Lipinski definition) is 5. The van der Waals surface area contributed by atoms with Gasteiger partial charge in [0.05, 0.1) is 14.2 Å². The van der Waals surface area contributed by atoms with Crippen molar-refractivity contribution in [2.24, 2.45) is 0 Å². The van der Waals surface area contributed by atoms with E-state index in [9.17, 15) is 14.4 Å². The zero-order valence-corrected chi connectivity index (χ0v) is 16.5. The van der Waals surface area contributed by atoms with E-state index in [2.05, 4.69) is 10.6 Å². The molecule has 28 heavy (non-hydrogen) atoms. The van der Waals surface area contributed by atoms with E-state index in [1.54, 1.807) is 49.4 Å². The van der Waals surface area contributed by atoms with E-state index >= 15 is 0 Å². The van der Waals surface area contributed by atoms with Gasteiger partial charge >= 0.3 is 5.97 Å². The van der Waals surface area contributed by atoms with Gasteiger partial charge in [-0.2, -0.15) is 0 Å². The second-order valence-corrected chi connectivity index (χ2v) is 6.38. The van der Waals surface area contributed by atoms with E-state index in [-0.39, 0.29) is 23.9 Å². The minimum atomic E-state index is -0.749. The molecule has 1 atom stereocenters. The van der Waals surface area contributed by atoms with Crippen LogP contribution in [0.1, 0.15) is 33.2 Å². The molecule has 0 bridgehead atoms. The summed E-state index contributed by atoms with van der Waals surface area (Å²) in [6.07, 6.45) is 0. The second-order valence-electron chi connectivity index (χ2n) is 5.95. The van der Waals surface area contributed by atoms with Gasteiger partial charge in [0.15, 0.2) is 0 Å². The van der Waals surface area contributed by atoms with Gasteiger partial charge in [-0.15, -0.1) is 0 Å². The van der Waals surface area contributed by atoms with Crippen LogP contribution in [0.3, 0.4) is 0 Å². The van der Waals surface area contributed by atoms with Crippen molar-refractivity contribution in [3.8, 4) is 5.75 Å². The zero-order chi connectivity index (χ0) is 20.7. The lowest BCUT2D eigenvalue weighted by atomic mass is 10.1. The Morgan fingerprint density at radius 2 is 1.75 bits per heavy atom. The van der Waals surface area contributed by atoms with Crippen LogP contribution in [-0.4, -0.2) is 38.0 Å². The van der Waals surface area contributed by atoms with Crippen molar-refractivity contribution < 1.29 is 23.9 Å². The number of esters is 1. The van der Waals surface area contributed by atoms with Crippen molar-refractivity contribution >= 4 is 29.4 Å². The highest BCUT2D eigenvalue weighted by Crippen LogP contribution is 2.20. The molecule has 2 amide bonds. The van der Waals surface area contributed by atoms with Crippen molar-refractivity contribution in [3.63, 3.8) is 0 Å². The first-order valence-electron chi connectivity index (χ1n) is 8.45. The van der Waals surface area contributed by atoms with Gasteiger partial charge in [-0.3, -0.25) is 9.59 Å². The number of nitrogens with one attached hydrogen (secondary N) is 2. The van der Waals surface area contributed by atoms with Gasteiger partial charge < -0.3 is 20.1 Å². The van der Waals surface area contributed by atoms with Crippen LogP contribution in [-0.2, 0) is 16.1 Å². The Bertz CT molecular complexity index is 867. The fourth-order valence-corrected chi connectivity index (χ4v) is 2.55. The molecule has 0 fully saturated rings. The molecule has 7 nitrogen and oxygen atoms in total. The molecule has 2 aromatic rings. The second kappa shape index (κ2) is 9.75. The highest BCUT2D eigenvalue weighted by Gasteiger charge is 2.17. The number of benzene rings is 2. The molecule has 0 heterocycles. The third-order valence-electron chi connectivity index (χ3n) is 3.98. The lowest BCUT2D eigenvalue weighted by Gasteiger charge is -2.15. The van der Waals surface area contributed by atoms with Gasteiger partial charge in [0.2, 0.25) is 5.91 Å². The average Bonchev–Trinajstić information content (AvgIpc) is 2.71. The highest BCUT2D eigenvalue weighted by molar-refractivity contribution is 6.30. The van der Waals surface area contributed by atoms with Crippen molar-refractivity contribution in [2.75, 3.05) is 14.2 Å². The minimum Gasteiger partial charge on any atom is -0.496 e. The van der Waals surface area contributed by atoms with Gasteiger partial charge in [-0.25, -0.2) is 4.79 Å². The first-order valence-corrected chi connectivity index (χ1v) is 8.83. The predicted molar refractivity (Wildman–Crippen MR) is 105 cm³/mol. The van der Waals surface area contributed by atoms with E-state index in [4.69, 9.17) is 21.1 Å². The molecule has 0 unspecified atom stereocenters. The first-order chi connectivity index (χ1) is 13.3. The molecule has 8 heteroatoms. The van der Waals surface area contributed by atoms with E-state index in [0.29, 0.717) is 21.9 Å². The fraction of sp³-hybridized carbons (Fsp3) is 0.250. The smallest absolute Gasteiger partial charge is 0.341 e. The van der Waals surface area contributed by atoms with Crippen LogP contribution >= 0.6 is 11.6 Å². The Kier molecular flexibility index (Phi) is 7.40. The van der Waals surface area contributed by atoms with E-state index < -0.39 is 12.0 Å². The summed E-state index contributed by atoms with van der Waals surface area (Å²) >= 11 is 5.80. The number of halogens is 1. The maximum atomic E-state index is 12.3. The number of rotatable bonds is 7. The summed E-state index contributed by atoms with van der Waals surface area (Å²) in [5.74, 6) is -0.895. The maximum Gasteiger partial charge on any atom is 0.341 e. The summed E-state index contributed by atoms with van der Waals surface area (Å²) in [7, 11) is 2.73. The Labute approximate surface area is 168 Å². The molecule has 0 spiro atoms. The van der Waals surface area contributed by atoms with Crippen molar-refractivity contribution in [2.45, 2.75) is 19.5 Å². The fourth-order valence-electron chi connectivity index (χ4n) is 2.42. The Morgan fingerprint density at radius 3 is 2.36 bits per heavy atom. The van der Waals surface area contributed by atoms with E-state index in [0.717, 1.165) is 0 Å². The number of carbonyl (C=O) groups excluding carboxylic acids is 3. The molecule has 2 N–H and O–H groups in total. The summed E-state index contributed by atoms with van der Waals surface area (Å²) in [6.45, 7) is 1.75. The molecule has 0 saturated carbocycles. The van der Waals surface area contributed by atoms with Gasteiger partial charge in [0.25, 0.3) is 5.91 Å². The van der Waals surface area contributed by atoms with E-state index in [1.165, 1.54) is 14.2 Å². The number of hydrogen-bond donors (Lipinski definition) is 2. The molecule has 2 rings (SSSR count). The molecule has 2 aromatic carbocycles. The molecular formula is C20H21ClN2O5. The van der Waals surface area contributed by atoms with Crippen LogP contribution in [0.15, 0.2) is 42.5 Å². The quantitative estimate of drug-likeness (QED) is 0.692. The van der Waals surface area contributed by atoms with Crippen LogP contribution < -0.4 is 15.4 Å². The van der Waals surface area contributed by atoms with Crippen LogP contribution in [0, 0.1) is 0 Å². The molecule has 0 aliphatic rings. The van der Waals surface area contributed by atoms with Gasteiger partial charge in [0.1, 0.15) is 17.4 Å². The molecule has 0 aliphatic heterocycles. The third-order valence-corrected chi connectivity index (χ3v) is 4.24. The van der Waals surface area contributed by atoms with Crippen molar-refractivity contribution in [1.82, 2.24) is 10.6 Å². The number of methoxy groups -OCH3 is 2. The largest absolute Gasteiger partial charge is 0.496 e. The summed E-state index contributed by atoms with van der Waals surface area (Å²) in [6, 6.07) is 10.5. The lowest BCUT2D eigenvalue weighted by Crippen LogP contribution is -2.44. The minimum absolute atomic E-state index is 0.175. The lowest BCUT2D eigenvalue weighted by molar-refractivity contribution is -0.122. The van der Waals surface area contributed by atoms with Gasteiger partial charge in [-0.1, -0.05) is 17.7 Å². The monoisotopic (exact) mass is 404 g/mol. The Balaban J connectivity index is 1.96. The Morgan fingerprint density at radius 1 is 1.07 bits per heavy atom. The first kappa shape index (κ1) is 21.2.